The summed E-state index contributed by atoms with van der Waals surface area (Å²) in [5, 5.41) is 15.3. The zero-order valence-corrected chi connectivity index (χ0v) is 16.1. The van der Waals surface area contributed by atoms with Crippen LogP contribution in [0.15, 0.2) is 65.5 Å². The Balaban J connectivity index is 1.97. The number of benzene rings is 3. The molecule has 4 rings (SSSR count). The van der Waals surface area contributed by atoms with Gasteiger partial charge in [-0.05, 0) is 49.2 Å². The van der Waals surface area contributed by atoms with Crippen molar-refractivity contribution in [3.63, 3.8) is 0 Å². The number of hydrogen-bond acceptors (Lipinski definition) is 3. The molecule has 3 aromatic carbocycles. The summed E-state index contributed by atoms with van der Waals surface area (Å²) in [6.45, 7) is 4.11. The third-order valence-electron chi connectivity index (χ3n) is 5.03. The third kappa shape index (κ3) is 3.41. The van der Waals surface area contributed by atoms with E-state index in [1.807, 2.05) is 50.2 Å². The lowest BCUT2D eigenvalue weighted by atomic mass is 9.99. The summed E-state index contributed by atoms with van der Waals surface area (Å²) in [6, 6.07) is 19.5. The monoisotopic (exact) mass is 383 g/mol. The Morgan fingerprint density at radius 3 is 2.55 bits per heavy atom. The van der Waals surface area contributed by atoms with E-state index in [0.29, 0.717) is 16.6 Å². The zero-order valence-electron chi connectivity index (χ0n) is 16.1. The fourth-order valence-electron chi connectivity index (χ4n) is 3.48. The van der Waals surface area contributed by atoms with Crippen molar-refractivity contribution < 1.29 is 4.39 Å². The lowest BCUT2D eigenvalue weighted by molar-refractivity contribution is 0.620. The lowest BCUT2D eigenvalue weighted by Gasteiger charge is -2.14. The molecule has 29 heavy (non-hydrogen) atoms. The molecular weight excluding hydrogens is 365 g/mol. The molecule has 1 heterocycles. The maximum Gasteiger partial charge on any atom is 0.274 e. The van der Waals surface area contributed by atoms with E-state index < -0.39 is 5.82 Å². The summed E-state index contributed by atoms with van der Waals surface area (Å²) in [4.78, 5) is 13.1. The van der Waals surface area contributed by atoms with Crippen LogP contribution >= 0.6 is 0 Å². The number of nitrogens with zero attached hydrogens (tertiary/aromatic N) is 3. The Morgan fingerprint density at radius 2 is 1.79 bits per heavy atom. The molecule has 0 unspecified atom stereocenters. The van der Waals surface area contributed by atoms with E-state index in [9.17, 15) is 14.4 Å². The van der Waals surface area contributed by atoms with Gasteiger partial charge in [-0.2, -0.15) is 10.4 Å². The summed E-state index contributed by atoms with van der Waals surface area (Å²) in [5.41, 5.74) is 4.31. The highest BCUT2D eigenvalue weighted by molar-refractivity contribution is 5.94. The Labute approximate surface area is 167 Å². The van der Waals surface area contributed by atoms with Crippen LogP contribution in [-0.2, 0) is 6.54 Å². The Hall–Kier alpha value is -3.78. The first-order valence-electron chi connectivity index (χ1n) is 9.24. The number of halogens is 1. The van der Waals surface area contributed by atoms with Crippen molar-refractivity contribution in [1.29, 1.82) is 5.26 Å². The van der Waals surface area contributed by atoms with Gasteiger partial charge in [-0.1, -0.05) is 42.0 Å². The molecule has 0 aliphatic carbocycles. The first kappa shape index (κ1) is 18.6. The number of rotatable bonds is 3. The van der Waals surface area contributed by atoms with Crippen LogP contribution in [0.2, 0.25) is 0 Å². The highest BCUT2D eigenvalue weighted by Crippen LogP contribution is 2.28. The van der Waals surface area contributed by atoms with E-state index in [2.05, 4.69) is 11.2 Å². The molecule has 0 spiro atoms. The Kier molecular flexibility index (Phi) is 4.69. The maximum atomic E-state index is 13.5. The summed E-state index contributed by atoms with van der Waals surface area (Å²) < 4.78 is 14.8. The van der Waals surface area contributed by atoms with Gasteiger partial charge in [0.2, 0.25) is 0 Å². The molecule has 0 fully saturated rings. The average Bonchev–Trinajstić information content (AvgIpc) is 2.73. The molecule has 0 N–H and O–H groups in total. The molecule has 0 saturated heterocycles. The van der Waals surface area contributed by atoms with E-state index in [0.717, 1.165) is 22.1 Å². The van der Waals surface area contributed by atoms with Gasteiger partial charge in [-0.25, -0.2) is 9.07 Å². The average molecular weight is 383 g/mol. The molecule has 5 heteroatoms. The fourth-order valence-corrected chi connectivity index (χ4v) is 3.48. The second-order valence-electron chi connectivity index (χ2n) is 7.09. The first-order valence-corrected chi connectivity index (χ1v) is 9.24. The molecule has 0 atom stereocenters. The second kappa shape index (κ2) is 7.33. The fraction of sp³-hybridized carbons (Fsp3) is 0.125. The molecule has 0 saturated carbocycles. The van der Waals surface area contributed by atoms with Gasteiger partial charge in [-0.3, -0.25) is 4.79 Å². The van der Waals surface area contributed by atoms with Crippen LogP contribution < -0.4 is 5.56 Å². The zero-order chi connectivity index (χ0) is 20.5. The topological polar surface area (TPSA) is 58.7 Å². The molecule has 1 aromatic heterocycles. The first-order chi connectivity index (χ1) is 14.0. The molecule has 0 amide bonds. The van der Waals surface area contributed by atoms with E-state index in [1.165, 1.54) is 22.9 Å². The van der Waals surface area contributed by atoms with Crippen molar-refractivity contribution >= 4 is 10.8 Å². The van der Waals surface area contributed by atoms with Gasteiger partial charge in [0.15, 0.2) is 0 Å². The Morgan fingerprint density at radius 1 is 1.03 bits per heavy atom. The predicted octanol–water partition coefficient (Wildman–Crippen LogP) is 4.74. The van der Waals surface area contributed by atoms with E-state index in [4.69, 9.17) is 0 Å². The maximum absolute atomic E-state index is 13.5. The van der Waals surface area contributed by atoms with Gasteiger partial charge in [-0.15, -0.1) is 0 Å². The van der Waals surface area contributed by atoms with Crippen LogP contribution in [0.3, 0.4) is 0 Å². The number of aromatic nitrogens is 2. The van der Waals surface area contributed by atoms with Crippen LogP contribution in [-0.4, -0.2) is 9.78 Å². The number of hydrogen-bond donors (Lipinski definition) is 0. The van der Waals surface area contributed by atoms with Gasteiger partial charge < -0.3 is 0 Å². The van der Waals surface area contributed by atoms with Crippen LogP contribution in [0.4, 0.5) is 4.39 Å². The van der Waals surface area contributed by atoms with Crippen molar-refractivity contribution in [2.24, 2.45) is 0 Å². The summed E-state index contributed by atoms with van der Waals surface area (Å²) in [5.74, 6) is -0.486. The molecule has 0 radical (unpaired) electrons. The smallest absolute Gasteiger partial charge is 0.267 e. The molecule has 0 aliphatic heterocycles. The van der Waals surface area contributed by atoms with Crippen molar-refractivity contribution in [3.8, 4) is 17.3 Å². The van der Waals surface area contributed by atoms with Gasteiger partial charge in [0.05, 0.1) is 29.3 Å². The van der Waals surface area contributed by atoms with Crippen LogP contribution in [0.25, 0.3) is 22.0 Å². The Bertz CT molecular complexity index is 1350. The van der Waals surface area contributed by atoms with Crippen LogP contribution in [0.5, 0.6) is 0 Å². The predicted molar refractivity (Wildman–Crippen MR) is 111 cm³/mol. The minimum atomic E-state index is -0.486. The van der Waals surface area contributed by atoms with Crippen LogP contribution in [0.1, 0.15) is 22.3 Å². The van der Waals surface area contributed by atoms with Gasteiger partial charge in [0, 0.05) is 10.9 Å². The van der Waals surface area contributed by atoms with Gasteiger partial charge in [0.1, 0.15) is 5.82 Å². The summed E-state index contributed by atoms with van der Waals surface area (Å²) >= 11 is 0. The van der Waals surface area contributed by atoms with E-state index in [-0.39, 0.29) is 17.7 Å². The van der Waals surface area contributed by atoms with Crippen molar-refractivity contribution in [1.82, 2.24) is 9.78 Å². The minimum Gasteiger partial charge on any atom is -0.267 e. The number of fused-ring (bicyclic) bond motifs is 1. The van der Waals surface area contributed by atoms with Crippen molar-refractivity contribution in [3.05, 3.63) is 99.1 Å². The number of aryl methyl sites for hydroxylation is 2. The molecule has 4 aromatic rings. The third-order valence-corrected chi connectivity index (χ3v) is 5.03. The highest BCUT2D eigenvalue weighted by Gasteiger charge is 2.15. The summed E-state index contributed by atoms with van der Waals surface area (Å²) in [7, 11) is 0. The van der Waals surface area contributed by atoms with E-state index >= 15 is 0 Å². The van der Waals surface area contributed by atoms with E-state index in [1.54, 1.807) is 6.07 Å². The van der Waals surface area contributed by atoms with Gasteiger partial charge >= 0.3 is 0 Å². The van der Waals surface area contributed by atoms with Crippen molar-refractivity contribution in [2.45, 2.75) is 20.4 Å². The molecule has 142 valence electrons. The molecule has 0 bridgehead atoms. The molecular formula is C24H18FN3O. The SMILES string of the molecule is Cc1ccc(C)c(-c2nn(Cc3ccc(F)cc3C#N)c(=O)c3ccccc23)c1. The van der Waals surface area contributed by atoms with Crippen molar-refractivity contribution in [2.75, 3.05) is 0 Å². The largest absolute Gasteiger partial charge is 0.274 e. The highest BCUT2D eigenvalue weighted by atomic mass is 19.1. The standard InChI is InChI=1S/C24H18FN3O/c1-15-7-8-16(2)22(11-15)23-20-5-3-4-6-21(20)24(29)28(27-23)14-17-9-10-19(25)12-18(17)13-26/h3-12H,14H2,1-2H3. The summed E-state index contributed by atoms with van der Waals surface area (Å²) in [6.07, 6.45) is 0. The normalized spacial score (nSPS) is 10.8. The van der Waals surface area contributed by atoms with Crippen LogP contribution in [0, 0.1) is 31.0 Å². The minimum absolute atomic E-state index is 0.0880. The molecule has 4 nitrogen and oxygen atoms in total. The van der Waals surface area contributed by atoms with Gasteiger partial charge in [0.25, 0.3) is 5.56 Å². The second-order valence-corrected chi connectivity index (χ2v) is 7.09. The number of nitriles is 1. The molecule has 0 aliphatic rings. The lowest BCUT2D eigenvalue weighted by Crippen LogP contribution is -2.25. The quantitative estimate of drug-likeness (QED) is 0.513.